The summed E-state index contributed by atoms with van der Waals surface area (Å²) in [6.07, 6.45) is 0.357. The molecule has 6 heteroatoms. The van der Waals surface area contributed by atoms with Crippen LogP contribution in [0.1, 0.15) is 19.3 Å². The van der Waals surface area contributed by atoms with Crippen LogP contribution >= 0.6 is 0 Å². The van der Waals surface area contributed by atoms with Crippen molar-refractivity contribution in [3.05, 3.63) is 0 Å². The highest BCUT2D eigenvalue weighted by molar-refractivity contribution is 5.83. The summed E-state index contributed by atoms with van der Waals surface area (Å²) in [4.78, 5) is 22.2. The minimum Gasteiger partial charge on any atom is -0.481 e. The van der Waals surface area contributed by atoms with Gasteiger partial charge in [0.1, 0.15) is 6.42 Å². The van der Waals surface area contributed by atoms with Gasteiger partial charge in [0.25, 0.3) is 0 Å². The van der Waals surface area contributed by atoms with Crippen molar-refractivity contribution in [1.82, 2.24) is 0 Å². The molecule has 0 fully saturated rings. The van der Waals surface area contributed by atoms with Crippen molar-refractivity contribution in [2.75, 3.05) is 27.7 Å². The minimum absolute atomic E-state index is 0.0641. The molecule has 0 heterocycles. The summed E-state index contributed by atoms with van der Waals surface area (Å²) in [5.74, 6) is -2.19. The lowest BCUT2D eigenvalue weighted by Gasteiger charge is -2.42. The van der Waals surface area contributed by atoms with Gasteiger partial charge in [-0.3, -0.25) is 4.79 Å². The molecule has 0 amide bonds. The molecule has 0 aliphatic heterocycles. The molecule has 0 aliphatic rings. The molecule has 1 atom stereocenters. The smallest absolute Gasteiger partial charge is 0.366 e. The van der Waals surface area contributed by atoms with E-state index in [1.165, 1.54) is 0 Å². The number of quaternary nitrogens is 1. The Balaban J connectivity index is 5.22. The Morgan fingerprint density at radius 2 is 1.75 bits per heavy atom. The number of hydrogen-bond donors (Lipinski definition) is 3. The SMILES string of the molecule is C[N+](C)(C)C(CCCN)(CC(=O)O)C(=O)O. The van der Waals surface area contributed by atoms with E-state index in [0.717, 1.165) is 0 Å². The first-order valence-corrected chi connectivity index (χ1v) is 5.14. The van der Waals surface area contributed by atoms with Gasteiger partial charge in [-0.25, -0.2) is 4.79 Å². The normalized spacial score (nSPS) is 15.5. The summed E-state index contributed by atoms with van der Waals surface area (Å²) in [7, 11) is 5.06. The Bertz CT molecular complexity index is 272. The monoisotopic (exact) mass is 233 g/mol. The number of aliphatic carboxylic acids is 2. The number of hydrogen-bond acceptors (Lipinski definition) is 3. The number of nitrogens with two attached hydrogens (primary N) is 1. The van der Waals surface area contributed by atoms with Gasteiger partial charge in [-0.1, -0.05) is 0 Å². The molecular weight excluding hydrogens is 212 g/mol. The van der Waals surface area contributed by atoms with E-state index in [2.05, 4.69) is 0 Å². The number of carboxylic acid groups (broad SMARTS) is 2. The fourth-order valence-electron chi connectivity index (χ4n) is 1.78. The number of likely N-dealkylation sites (N-methyl/N-ethyl adjacent to an activating group) is 1. The highest BCUT2D eigenvalue weighted by atomic mass is 16.4. The van der Waals surface area contributed by atoms with Gasteiger partial charge in [0, 0.05) is 6.42 Å². The molecule has 6 nitrogen and oxygen atoms in total. The van der Waals surface area contributed by atoms with E-state index in [1.807, 2.05) is 0 Å². The van der Waals surface area contributed by atoms with Crippen molar-refractivity contribution in [1.29, 1.82) is 0 Å². The highest BCUT2D eigenvalue weighted by Gasteiger charge is 2.51. The van der Waals surface area contributed by atoms with Gasteiger partial charge in [0.15, 0.2) is 0 Å². The fourth-order valence-corrected chi connectivity index (χ4v) is 1.78. The Hall–Kier alpha value is -1.14. The summed E-state index contributed by atoms with van der Waals surface area (Å²) in [6, 6.07) is 0. The molecule has 0 spiro atoms. The fraction of sp³-hybridized carbons (Fsp3) is 0.800. The Morgan fingerprint density at radius 3 is 2.00 bits per heavy atom. The number of carboxylic acids is 2. The average Bonchev–Trinajstić information content (AvgIpc) is 2.09. The van der Waals surface area contributed by atoms with E-state index >= 15 is 0 Å². The second kappa shape index (κ2) is 5.27. The molecule has 0 radical (unpaired) electrons. The number of rotatable bonds is 7. The lowest BCUT2D eigenvalue weighted by molar-refractivity contribution is -0.914. The van der Waals surface area contributed by atoms with Crippen molar-refractivity contribution >= 4 is 11.9 Å². The largest absolute Gasteiger partial charge is 0.481 e. The van der Waals surface area contributed by atoms with Crippen molar-refractivity contribution in [3.63, 3.8) is 0 Å². The molecule has 0 aromatic rings. The Kier molecular flexibility index (Phi) is 4.89. The average molecular weight is 233 g/mol. The van der Waals surface area contributed by atoms with Gasteiger partial charge in [-0.15, -0.1) is 0 Å². The molecule has 0 aromatic carbocycles. The summed E-state index contributed by atoms with van der Waals surface area (Å²) in [5.41, 5.74) is 4.05. The zero-order valence-corrected chi connectivity index (χ0v) is 10.1. The van der Waals surface area contributed by atoms with Crippen LogP contribution in [-0.4, -0.2) is 59.9 Å². The third kappa shape index (κ3) is 3.18. The van der Waals surface area contributed by atoms with Gasteiger partial charge in [-0.2, -0.15) is 0 Å². The molecular formula is C10H21N2O4+. The van der Waals surface area contributed by atoms with Crippen LogP contribution in [0, 0.1) is 0 Å². The molecule has 1 unspecified atom stereocenters. The zero-order valence-electron chi connectivity index (χ0n) is 10.1. The van der Waals surface area contributed by atoms with Crippen molar-refractivity contribution in [2.24, 2.45) is 5.73 Å². The van der Waals surface area contributed by atoms with Gasteiger partial charge in [-0.05, 0) is 13.0 Å². The molecule has 0 saturated heterocycles. The number of carbonyl (C=O) groups is 2. The lowest BCUT2D eigenvalue weighted by atomic mass is 9.86. The van der Waals surface area contributed by atoms with E-state index in [1.54, 1.807) is 21.1 Å². The van der Waals surface area contributed by atoms with Crippen molar-refractivity contribution in [3.8, 4) is 0 Å². The van der Waals surface area contributed by atoms with Gasteiger partial charge in [0.2, 0.25) is 5.54 Å². The van der Waals surface area contributed by atoms with Crippen LogP contribution in [-0.2, 0) is 9.59 Å². The van der Waals surface area contributed by atoms with E-state index in [9.17, 15) is 14.7 Å². The predicted molar refractivity (Wildman–Crippen MR) is 58.9 cm³/mol. The second-order valence-corrected chi connectivity index (χ2v) is 4.81. The molecule has 4 N–H and O–H groups in total. The van der Waals surface area contributed by atoms with E-state index < -0.39 is 23.9 Å². The van der Waals surface area contributed by atoms with E-state index in [4.69, 9.17) is 10.8 Å². The summed E-state index contributed by atoms with van der Waals surface area (Å²) < 4.78 is 0.0641. The lowest BCUT2D eigenvalue weighted by Crippen LogP contribution is -2.63. The maximum Gasteiger partial charge on any atom is 0.366 e. The standard InChI is InChI=1S/C10H20N2O4/c1-12(2,3)10(9(15)16,5-4-6-11)7-8(13)14/h4-7,11H2,1-3H3,(H-,13,14,15,16)/p+1. The first-order chi connectivity index (χ1) is 7.17. The molecule has 0 saturated carbocycles. The Labute approximate surface area is 95.2 Å². The van der Waals surface area contributed by atoms with Crippen LogP contribution in [0.25, 0.3) is 0 Å². The van der Waals surface area contributed by atoms with E-state index in [0.29, 0.717) is 13.0 Å². The topological polar surface area (TPSA) is 101 Å². The maximum atomic E-state index is 11.4. The summed E-state index contributed by atoms with van der Waals surface area (Å²) in [5, 5.41) is 18.2. The van der Waals surface area contributed by atoms with Gasteiger partial charge >= 0.3 is 11.9 Å². The third-order valence-electron chi connectivity index (χ3n) is 2.92. The molecule has 0 aromatic heterocycles. The molecule has 0 bridgehead atoms. The number of nitrogens with zero attached hydrogens (tertiary/aromatic N) is 1. The first-order valence-electron chi connectivity index (χ1n) is 5.14. The van der Waals surface area contributed by atoms with Crippen molar-refractivity contribution < 1.29 is 24.3 Å². The highest BCUT2D eigenvalue weighted by Crippen LogP contribution is 2.29. The maximum absolute atomic E-state index is 11.4. The quantitative estimate of drug-likeness (QED) is 0.525. The van der Waals surface area contributed by atoms with Crippen LogP contribution in [0.3, 0.4) is 0 Å². The Morgan fingerprint density at radius 1 is 1.25 bits per heavy atom. The van der Waals surface area contributed by atoms with Crippen LogP contribution in [0.15, 0.2) is 0 Å². The molecule has 0 rings (SSSR count). The van der Waals surface area contributed by atoms with Gasteiger partial charge in [0.05, 0.1) is 21.1 Å². The minimum atomic E-state index is -1.31. The van der Waals surface area contributed by atoms with E-state index in [-0.39, 0.29) is 10.9 Å². The molecule has 94 valence electrons. The first kappa shape index (κ1) is 14.9. The molecule has 0 aliphatic carbocycles. The van der Waals surface area contributed by atoms with Crippen LogP contribution < -0.4 is 5.73 Å². The molecule has 16 heavy (non-hydrogen) atoms. The van der Waals surface area contributed by atoms with Gasteiger partial charge < -0.3 is 20.4 Å². The van der Waals surface area contributed by atoms with Crippen LogP contribution in [0.2, 0.25) is 0 Å². The zero-order chi connectivity index (χ0) is 13.0. The third-order valence-corrected chi connectivity index (χ3v) is 2.92. The van der Waals surface area contributed by atoms with Crippen LogP contribution in [0.5, 0.6) is 0 Å². The predicted octanol–water partition coefficient (Wildman–Crippen LogP) is -0.270. The van der Waals surface area contributed by atoms with Crippen LogP contribution in [0.4, 0.5) is 0 Å². The summed E-state index contributed by atoms with van der Waals surface area (Å²) >= 11 is 0. The summed E-state index contributed by atoms with van der Waals surface area (Å²) in [6.45, 7) is 0.356. The second-order valence-electron chi connectivity index (χ2n) is 4.81. The van der Waals surface area contributed by atoms with Crippen molar-refractivity contribution in [2.45, 2.75) is 24.8 Å².